The normalized spacial score (nSPS) is 16.2. The number of esters is 1. The summed E-state index contributed by atoms with van der Waals surface area (Å²) in [5.74, 6) is 0.784. The fourth-order valence-electron chi connectivity index (χ4n) is 2.83. The summed E-state index contributed by atoms with van der Waals surface area (Å²) in [5.41, 5.74) is 1.92. The third kappa shape index (κ3) is 3.20. The zero-order valence-electron chi connectivity index (χ0n) is 14.4. The summed E-state index contributed by atoms with van der Waals surface area (Å²) in [6, 6.07) is 7.01. The van der Waals surface area contributed by atoms with Crippen molar-refractivity contribution in [3.63, 3.8) is 0 Å². The van der Waals surface area contributed by atoms with E-state index in [1.807, 2.05) is 31.2 Å². The number of carbonyl (C=O) groups excluding carboxylic acids is 1. The van der Waals surface area contributed by atoms with Gasteiger partial charge in [-0.15, -0.1) is 0 Å². The fraction of sp³-hybridized carbons (Fsp3) is 0.353. The number of carbonyl (C=O) groups is 1. The van der Waals surface area contributed by atoms with Gasteiger partial charge in [0.2, 0.25) is 5.95 Å². The van der Waals surface area contributed by atoms with E-state index in [-0.39, 0.29) is 6.61 Å². The van der Waals surface area contributed by atoms with Gasteiger partial charge in [0.15, 0.2) is 0 Å². The maximum Gasteiger partial charge on any atom is 0.338 e. The zero-order chi connectivity index (χ0) is 17.8. The Balaban J connectivity index is 2.06. The van der Waals surface area contributed by atoms with Crippen molar-refractivity contribution in [3.05, 3.63) is 47.4 Å². The van der Waals surface area contributed by atoms with Crippen LogP contribution in [0, 0.1) is 0 Å². The van der Waals surface area contributed by atoms with Gasteiger partial charge in [0, 0.05) is 18.4 Å². The van der Waals surface area contributed by atoms with Crippen LogP contribution in [0.1, 0.15) is 18.5 Å². The number of hydrogen-bond acceptors (Lipinski definition) is 7. The number of allylic oxidation sites excluding steroid dienone is 1. The highest BCUT2D eigenvalue weighted by molar-refractivity contribution is 5.92. The lowest BCUT2D eigenvalue weighted by molar-refractivity contribution is -0.140. The van der Waals surface area contributed by atoms with Crippen LogP contribution in [0.15, 0.2) is 41.9 Å². The molecule has 1 aromatic heterocycles. The van der Waals surface area contributed by atoms with Gasteiger partial charge < -0.3 is 19.5 Å². The van der Waals surface area contributed by atoms with Crippen molar-refractivity contribution >= 4 is 11.9 Å². The van der Waals surface area contributed by atoms with Crippen LogP contribution >= 0.6 is 0 Å². The van der Waals surface area contributed by atoms with E-state index in [0.717, 1.165) is 5.56 Å². The molecule has 0 saturated carbocycles. The van der Waals surface area contributed by atoms with Crippen molar-refractivity contribution in [2.24, 2.45) is 0 Å². The smallest absolute Gasteiger partial charge is 0.338 e. The Kier molecular flexibility index (Phi) is 4.99. The predicted molar refractivity (Wildman–Crippen MR) is 90.3 cm³/mol. The van der Waals surface area contributed by atoms with Gasteiger partial charge >= 0.3 is 5.97 Å². The molecule has 0 aliphatic carbocycles. The van der Waals surface area contributed by atoms with E-state index in [0.29, 0.717) is 29.6 Å². The maximum atomic E-state index is 12.7. The molecule has 0 fully saturated rings. The van der Waals surface area contributed by atoms with Crippen LogP contribution in [0.25, 0.3) is 0 Å². The summed E-state index contributed by atoms with van der Waals surface area (Å²) in [7, 11) is 3.15. The number of ether oxygens (including phenoxy) is 3. The largest absolute Gasteiger partial charge is 0.496 e. The lowest BCUT2D eigenvalue weighted by atomic mass is 9.95. The quantitative estimate of drug-likeness (QED) is 0.631. The van der Waals surface area contributed by atoms with Crippen molar-refractivity contribution < 1.29 is 19.0 Å². The van der Waals surface area contributed by atoms with Gasteiger partial charge in [0.1, 0.15) is 24.7 Å². The summed E-state index contributed by atoms with van der Waals surface area (Å²) in [5, 5.41) is 7.37. The van der Waals surface area contributed by atoms with E-state index >= 15 is 0 Å². The summed E-state index contributed by atoms with van der Waals surface area (Å²) < 4.78 is 17.4. The van der Waals surface area contributed by atoms with Crippen LogP contribution < -0.4 is 10.1 Å². The number of anilines is 1. The Labute approximate surface area is 145 Å². The van der Waals surface area contributed by atoms with Gasteiger partial charge in [0.25, 0.3) is 0 Å². The van der Waals surface area contributed by atoms with E-state index in [1.165, 1.54) is 6.33 Å². The summed E-state index contributed by atoms with van der Waals surface area (Å²) in [4.78, 5) is 16.9. The van der Waals surface area contributed by atoms with Crippen LogP contribution in [-0.2, 0) is 14.3 Å². The third-order valence-electron chi connectivity index (χ3n) is 3.97. The Morgan fingerprint density at radius 3 is 2.84 bits per heavy atom. The molecule has 0 saturated heterocycles. The summed E-state index contributed by atoms with van der Waals surface area (Å²) in [6.07, 6.45) is 1.44. The van der Waals surface area contributed by atoms with Gasteiger partial charge in [0.05, 0.1) is 19.3 Å². The van der Waals surface area contributed by atoms with E-state index in [9.17, 15) is 4.79 Å². The van der Waals surface area contributed by atoms with E-state index < -0.39 is 12.0 Å². The molecule has 3 rings (SSSR count). The molecule has 132 valence electrons. The number of rotatable bonds is 6. The molecule has 8 nitrogen and oxygen atoms in total. The lowest BCUT2D eigenvalue weighted by Gasteiger charge is -2.29. The van der Waals surface area contributed by atoms with Crippen molar-refractivity contribution in [3.8, 4) is 5.75 Å². The first kappa shape index (κ1) is 17.0. The number of methoxy groups -OCH3 is 2. The Hall–Kier alpha value is -2.87. The van der Waals surface area contributed by atoms with Gasteiger partial charge in [-0.1, -0.05) is 18.2 Å². The molecule has 8 heteroatoms. The monoisotopic (exact) mass is 344 g/mol. The molecule has 25 heavy (non-hydrogen) atoms. The van der Waals surface area contributed by atoms with Crippen LogP contribution in [0.2, 0.25) is 0 Å². The third-order valence-corrected chi connectivity index (χ3v) is 3.97. The van der Waals surface area contributed by atoms with Gasteiger partial charge in [-0.05, 0) is 13.0 Å². The van der Waals surface area contributed by atoms with Crippen molar-refractivity contribution in [2.45, 2.75) is 13.0 Å². The number of para-hydroxylation sites is 1. The second-order valence-electron chi connectivity index (χ2n) is 5.47. The molecule has 0 spiro atoms. The number of benzene rings is 1. The molecule has 1 aliphatic heterocycles. The van der Waals surface area contributed by atoms with Gasteiger partial charge in [-0.2, -0.15) is 10.1 Å². The average Bonchev–Trinajstić information content (AvgIpc) is 3.08. The number of fused-ring (bicyclic) bond motifs is 1. The van der Waals surface area contributed by atoms with E-state index in [1.54, 1.807) is 18.9 Å². The van der Waals surface area contributed by atoms with Crippen LogP contribution in [0.4, 0.5) is 5.95 Å². The highest BCUT2D eigenvalue weighted by Crippen LogP contribution is 2.38. The molecule has 0 radical (unpaired) electrons. The Morgan fingerprint density at radius 2 is 2.08 bits per heavy atom. The first-order valence-electron chi connectivity index (χ1n) is 7.83. The number of hydrogen-bond donors (Lipinski definition) is 1. The molecule has 1 aromatic carbocycles. The predicted octanol–water partition coefficient (Wildman–Crippen LogP) is 1.77. The topological polar surface area (TPSA) is 87.5 Å². The van der Waals surface area contributed by atoms with Gasteiger partial charge in [-0.25, -0.2) is 9.48 Å². The molecule has 1 aliphatic rings. The standard InChI is InChI=1S/C17H20N4O4/c1-11-14(16(22)25-9-8-23-2)15(21-17(20-11)18-10-19-21)12-6-4-5-7-13(12)24-3/h4-7,10,15H,8-9H2,1-3H3,(H,18,19,20)/t15-/m0/s1. The summed E-state index contributed by atoms with van der Waals surface area (Å²) in [6.45, 7) is 2.32. The van der Waals surface area contributed by atoms with E-state index in [4.69, 9.17) is 14.2 Å². The first-order valence-corrected chi connectivity index (χ1v) is 7.83. The zero-order valence-corrected chi connectivity index (χ0v) is 14.4. The Morgan fingerprint density at radius 1 is 1.28 bits per heavy atom. The molecular weight excluding hydrogens is 324 g/mol. The Bertz CT molecular complexity index is 799. The number of nitrogens with one attached hydrogen (secondary N) is 1. The molecule has 2 aromatic rings. The molecule has 0 bridgehead atoms. The second-order valence-corrected chi connectivity index (χ2v) is 5.47. The fourth-order valence-corrected chi connectivity index (χ4v) is 2.83. The van der Waals surface area contributed by atoms with Gasteiger partial charge in [-0.3, -0.25) is 0 Å². The van der Waals surface area contributed by atoms with E-state index in [2.05, 4.69) is 15.4 Å². The van der Waals surface area contributed by atoms with Crippen molar-refractivity contribution in [1.29, 1.82) is 0 Å². The first-order chi connectivity index (χ1) is 12.2. The summed E-state index contributed by atoms with van der Waals surface area (Å²) >= 11 is 0. The highest BCUT2D eigenvalue weighted by atomic mass is 16.6. The molecular formula is C17H20N4O4. The molecule has 1 N–H and O–H groups in total. The minimum absolute atomic E-state index is 0.176. The highest BCUT2D eigenvalue weighted by Gasteiger charge is 2.35. The van der Waals surface area contributed by atoms with Crippen molar-refractivity contribution in [1.82, 2.24) is 14.8 Å². The minimum atomic E-state index is -0.495. The SMILES string of the molecule is COCCOC(=O)C1=C(C)Nc2ncnn2[C@H]1c1ccccc1OC. The van der Waals surface area contributed by atoms with Crippen LogP contribution in [-0.4, -0.2) is 48.2 Å². The maximum absolute atomic E-state index is 12.7. The lowest BCUT2D eigenvalue weighted by Crippen LogP contribution is -2.30. The average molecular weight is 344 g/mol. The molecule has 1 atom stereocenters. The molecule has 0 unspecified atom stereocenters. The second kappa shape index (κ2) is 7.35. The number of nitrogens with zero attached hydrogens (tertiary/aromatic N) is 3. The minimum Gasteiger partial charge on any atom is -0.496 e. The van der Waals surface area contributed by atoms with Crippen molar-refractivity contribution in [2.75, 3.05) is 32.8 Å². The molecule has 2 heterocycles. The van der Waals surface area contributed by atoms with Crippen LogP contribution in [0.3, 0.4) is 0 Å². The molecule has 0 amide bonds. The van der Waals surface area contributed by atoms with Crippen LogP contribution in [0.5, 0.6) is 5.75 Å². The number of aromatic nitrogens is 3.